The Morgan fingerprint density at radius 1 is 1.14 bits per heavy atom. The Kier molecular flexibility index (Phi) is 4.56. The number of benzene rings is 2. The second-order valence-corrected chi connectivity index (χ2v) is 6.92. The second-order valence-electron chi connectivity index (χ2n) is 4.86. The Morgan fingerprint density at radius 2 is 1.81 bits per heavy atom. The van der Waals surface area contributed by atoms with Gasteiger partial charge in [-0.1, -0.05) is 41.9 Å². The number of nitrogens with two attached hydrogens (primary N) is 1. The summed E-state index contributed by atoms with van der Waals surface area (Å²) in [6.07, 6.45) is 0. The molecule has 0 aliphatic rings. The third-order valence-electron chi connectivity index (χ3n) is 3.21. The quantitative estimate of drug-likeness (QED) is 0.848. The van der Waals surface area contributed by atoms with Crippen LogP contribution in [0.2, 0.25) is 5.02 Å². The molecule has 21 heavy (non-hydrogen) atoms. The lowest BCUT2D eigenvalue weighted by atomic mass is 10.1. The van der Waals surface area contributed by atoms with E-state index in [1.807, 2.05) is 6.07 Å². The number of hydrogen-bond donors (Lipinski definition) is 2. The molecule has 2 aromatic rings. The van der Waals surface area contributed by atoms with E-state index >= 15 is 0 Å². The molecule has 0 heterocycles. The van der Waals surface area contributed by atoms with Crippen molar-refractivity contribution in [3.05, 3.63) is 58.6 Å². The largest absolute Gasteiger partial charge is 0.398 e. The smallest absolute Gasteiger partial charge is 0.243 e. The van der Waals surface area contributed by atoms with Crippen LogP contribution >= 0.6 is 11.6 Å². The van der Waals surface area contributed by atoms with Gasteiger partial charge in [0.25, 0.3) is 0 Å². The molecule has 0 aliphatic heterocycles. The van der Waals surface area contributed by atoms with Crippen molar-refractivity contribution in [1.82, 2.24) is 4.72 Å². The summed E-state index contributed by atoms with van der Waals surface area (Å²) in [7, 11) is -3.72. The molecular formula is C15H17ClN2O2S. The molecule has 3 N–H and O–H groups in total. The summed E-state index contributed by atoms with van der Waals surface area (Å²) in [5.74, 6) is 0. The molecule has 1 atom stereocenters. The van der Waals surface area contributed by atoms with E-state index in [4.69, 9.17) is 17.3 Å². The molecule has 0 saturated heterocycles. The van der Waals surface area contributed by atoms with Gasteiger partial charge in [0.15, 0.2) is 0 Å². The van der Waals surface area contributed by atoms with Crippen LogP contribution in [0.5, 0.6) is 0 Å². The minimum atomic E-state index is -3.72. The third kappa shape index (κ3) is 3.37. The molecule has 0 radical (unpaired) electrons. The number of aryl methyl sites for hydroxylation is 1. The predicted molar refractivity (Wildman–Crippen MR) is 85.8 cm³/mol. The molecule has 2 aromatic carbocycles. The lowest BCUT2D eigenvalue weighted by Gasteiger charge is -2.18. The molecule has 2 rings (SSSR count). The Bertz CT molecular complexity index is 740. The van der Waals surface area contributed by atoms with Gasteiger partial charge in [0.1, 0.15) is 4.90 Å². The first-order chi connectivity index (χ1) is 9.83. The van der Waals surface area contributed by atoms with Crippen LogP contribution in [0.1, 0.15) is 24.1 Å². The van der Waals surface area contributed by atoms with Gasteiger partial charge in [0.05, 0.1) is 5.69 Å². The molecule has 0 bridgehead atoms. The van der Waals surface area contributed by atoms with Gasteiger partial charge in [0, 0.05) is 11.1 Å². The van der Waals surface area contributed by atoms with Crippen LogP contribution in [0.15, 0.2) is 47.4 Å². The van der Waals surface area contributed by atoms with Gasteiger partial charge in [-0.15, -0.1) is 0 Å². The van der Waals surface area contributed by atoms with Gasteiger partial charge in [-0.3, -0.25) is 0 Å². The van der Waals surface area contributed by atoms with E-state index < -0.39 is 16.1 Å². The normalized spacial score (nSPS) is 13.1. The maximum absolute atomic E-state index is 12.5. The minimum absolute atomic E-state index is 0.115. The van der Waals surface area contributed by atoms with Crippen LogP contribution in [-0.2, 0) is 10.0 Å². The SMILES string of the molecule is Cc1cccc(N)c1S(=O)(=O)NC(C)c1ccccc1Cl. The zero-order valence-corrected chi connectivity index (χ0v) is 13.4. The first-order valence-corrected chi connectivity index (χ1v) is 8.31. The van der Waals surface area contributed by atoms with Crippen LogP contribution in [0, 0.1) is 6.92 Å². The van der Waals surface area contributed by atoms with Gasteiger partial charge in [-0.05, 0) is 37.1 Å². The van der Waals surface area contributed by atoms with Gasteiger partial charge in [0.2, 0.25) is 10.0 Å². The van der Waals surface area contributed by atoms with Gasteiger partial charge >= 0.3 is 0 Å². The monoisotopic (exact) mass is 324 g/mol. The summed E-state index contributed by atoms with van der Waals surface area (Å²) >= 11 is 6.10. The molecule has 0 saturated carbocycles. The van der Waals surface area contributed by atoms with E-state index in [0.717, 1.165) is 5.56 Å². The Labute approximate surface area is 130 Å². The van der Waals surface area contributed by atoms with Crippen LogP contribution in [-0.4, -0.2) is 8.42 Å². The van der Waals surface area contributed by atoms with Gasteiger partial charge < -0.3 is 5.73 Å². The Balaban J connectivity index is 2.36. The first-order valence-electron chi connectivity index (χ1n) is 6.45. The van der Waals surface area contributed by atoms with E-state index in [1.54, 1.807) is 50.2 Å². The highest BCUT2D eigenvalue weighted by Crippen LogP contribution is 2.27. The van der Waals surface area contributed by atoms with E-state index in [-0.39, 0.29) is 10.6 Å². The molecule has 1 unspecified atom stereocenters. The number of hydrogen-bond acceptors (Lipinski definition) is 3. The molecule has 0 aromatic heterocycles. The lowest BCUT2D eigenvalue weighted by Crippen LogP contribution is -2.28. The second kappa shape index (κ2) is 6.05. The number of sulfonamides is 1. The van der Waals surface area contributed by atoms with Crippen molar-refractivity contribution in [3.8, 4) is 0 Å². The van der Waals surface area contributed by atoms with Crippen molar-refractivity contribution in [2.75, 3.05) is 5.73 Å². The molecule has 0 amide bonds. The summed E-state index contributed by atoms with van der Waals surface area (Å²) < 4.78 is 27.7. The fraction of sp³-hybridized carbons (Fsp3) is 0.200. The van der Waals surface area contributed by atoms with Crippen LogP contribution in [0.3, 0.4) is 0 Å². The highest BCUT2D eigenvalue weighted by atomic mass is 35.5. The van der Waals surface area contributed by atoms with Crippen molar-refractivity contribution in [2.24, 2.45) is 0 Å². The number of halogens is 1. The molecule has 0 aliphatic carbocycles. The zero-order chi connectivity index (χ0) is 15.6. The van der Waals surface area contributed by atoms with Crippen molar-refractivity contribution in [2.45, 2.75) is 24.8 Å². The van der Waals surface area contributed by atoms with E-state index in [2.05, 4.69) is 4.72 Å². The lowest BCUT2D eigenvalue weighted by molar-refractivity contribution is 0.567. The molecule has 0 fully saturated rings. The van der Waals surface area contributed by atoms with Gasteiger partial charge in [-0.2, -0.15) is 0 Å². The summed E-state index contributed by atoms with van der Waals surface area (Å²) in [6.45, 7) is 3.46. The summed E-state index contributed by atoms with van der Waals surface area (Å²) in [4.78, 5) is 0.115. The standard InChI is InChI=1S/C15H17ClN2O2S/c1-10-6-5-9-14(17)15(10)21(19,20)18-11(2)12-7-3-4-8-13(12)16/h3-9,11,18H,17H2,1-2H3. The van der Waals surface area contributed by atoms with Crippen LogP contribution in [0.4, 0.5) is 5.69 Å². The zero-order valence-electron chi connectivity index (χ0n) is 11.8. The fourth-order valence-corrected chi connectivity index (χ4v) is 4.10. The minimum Gasteiger partial charge on any atom is -0.398 e. The summed E-state index contributed by atoms with van der Waals surface area (Å²) in [6, 6.07) is 11.7. The molecule has 112 valence electrons. The summed E-state index contributed by atoms with van der Waals surface area (Å²) in [5, 5.41) is 0.519. The molecule has 6 heteroatoms. The maximum atomic E-state index is 12.5. The number of nitrogens with one attached hydrogen (secondary N) is 1. The summed E-state index contributed by atoms with van der Waals surface area (Å²) in [5.41, 5.74) is 7.36. The third-order valence-corrected chi connectivity index (χ3v) is 5.32. The van der Waals surface area contributed by atoms with E-state index in [0.29, 0.717) is 10.6 Å². The number of anilines is 1. The maximum Gasteiger partial charge on any atom is 0.243 e. The van der Waals surface area contributed by atoms with Crippen molar-refractivity contribution in [1.29, 1.82) is 0 Å². The first kappa shape index (κ1) is 15.8. The van der Waals surface area contributed by atoms with Crippen LogP contribution < -0.4 is 10.5 Å². The Hall–Kier alpha value is -1.56. The van der Waals surface area contributed by atoms with E-state index in [1.165, 1.54) is 0 Å². The Morgan fingerprint density at radius 3 is 2.43 bits per heavy atom. The van der Waals surface area contributed by atoms with E-state index in [9.17, 15) is 8.42 Å². The van der Waals surface area contributed by atoms with Crippen molar-refractivity contribution >= 4 is 27.3 Å². The average Bonchev–Trinajstić information content (AvgIpc) is 2.37. The molecular weight excluding hydrogens is 308 g/mol. The molecule has 4 nitrogen and oxygen atoms in total. The number of nitrogen functional groups attached to an aromatic ring is 1. The van der Waals surface area contributed by atoms with Crippen molar-refractivity contribution in [3.63, 3.8) is 0 Å². The topological polar surface area (TPSA) is 72.2 Å². The van der Waals surface area contributed by atoms with Crippen molar-refractivity contribution < 1.29 is 8.42 Å². The average molecular weight is 325 g/mol. The highest BCUT2D eigenvalue weighted by molar-refractivity contribution is 7.89. The predicted octanol–water partition coefficient (Wildman–Crippen LogP) is 3.27. The van der Waals surface area contributed by atoms with Crippen LogP contribution in [0.25, 0.3) is 0 Å². The number of rotatable bonds is 4. The highest BCUT2D eigenvalue weighted by Gasteiger charge is 2.23. The van der Waals surface area contributed by atoms with Gasteiger partial charge in [-0.25, -0.2) is 13.1 Å². The fourth-order valence-electron chi connectivity index (χ4n) is 2.22. The molecule has 0 spiro atoms.